The van der Waals surface area contributed by atoms with Crippen LogP contribution in [0.3, 0.4) is 0 Å². The highest BCUT2D eigenvalue weighted by atomic mass is 127. The third-order valence-corrected chi connectivity index (χ3v) is 3.51. The van der Waals surface area contributed by atoms with Gasteiger partial charge in [0.25, 0.3) is 11.6 Å². The first-order valence-corrected chi connectivity index (χ1v) is 6.61. The number of nitrogens with one attached hydrogen (secondary N) is 1. The summed E-state index contributed by atoms with van der Waals surface area (Å²) in [5.74, 6) is -0.863. The first kappa shape index (κ1) is 14.3. The Morgan fingerprint density at radius 3 is 2.55 bits per heavy atom. The van der Waals surface area contributed by atoms with E-state index >= 15 is 0 Å². The average Bonchev–Trinajstić information content (AvgIpc) is 2.41. The molecule has 6 nitrogen and oxygen atoms in total. The van der Waals surface area contributed by atoms with Crippen molar-refractivity contribution in [3.8, 4) is 5.75 Å². The van der Waals surface area contributed by atoms with Crippen molar-refractivity contribution in [3.63, 3.8) is 0 Å². The molecular weight excluding hydrogens is 375 g/mol. The highest BCUT2D eigenvalue weighted by Crippen LogP contribution is 2.33. The minimum absolute atomic E-state index is 0.206. The highest BCUT2D eigenvalue weighted by Gasteiger charge is 2.20. The number of nitrogens with zero attached hydrogens (tertiary/aromatic N) is 1. The third kappa shape index (κ3) is 2.87. The molecule has 20 heavy (non-hydrogen) atoms. The van der Waals surface area contributed by atoms with E-state index in [2.05, 4.69) is 5.32 Å². The molecule has 102 valence electrons. The summed E-state index contributed by atoms with van der Waals surface area (Å²) in [6, 6.07) is 10.6. The van der Waals surface area contributed by atoms with Gasteiger partial charge in [0, 0.05) is 9.64 Å². The van der Waals surface area contributed by atoms with Gasteiger partial charge in [0.2, 0.25) is 0 Å². The number of hydrogen-bond donors (Lipinski definition) is 2. The van der Waals surface area contributed by atoms with E-state index in [1.54, 1.807) is 24.3 Å². The van der Waals surface area contributed by atoms with Gasteiger partial charge in [0.05, 0.1) is 10.5 Å². The van der Waals surface area contributed by atoms with Crippen LogP contribution in [0, 0.1) is 13.7 Å². The second-order valence-corrected chi connectivity index (χ2v) is 5.02. The molecule has 1 amide bonds. The summed E-state index contributed by atoms with van der Waals surface area (Å²) < 4.78 is 0.709. The van der Waals surface area contributed by atoms with E-state index in [0.29, 0.717) is 9.13 Å². The Hall–Kier alpha value is -2.16. The zero-order valence-corrected chi connectivity index (χ0v) is 12.2. The monoisotopic (exact) mass is 384 g/mol. The van der Waals surface area contributed by atoms with E-state index in [1.165, 1.54) is 18.2 Å². The summed E-state index contributed by atoms with van der Waals surface area (Å²) in [6.45, 7) is 0. The molecule has 0 aliphatic rings. The quantitative estimate of drug-likeness (QED) is 0.368. The molecule has 0 heterocycles. The second kappa shape index (κ2) is 5.87. The number of benzene rings is 2. The summed E-state index contributed by atoms with van der Waals surface area (Å²) in [5.41, 5.74) is -0.183. The van der Waals surface area contributed by atoms with Gasteiger partial charge in [-0.25, -0.2) is 0 Å². The molecule has 0 unspecified atom stereocenters. The van der Waals surface area contributed by atoms with Crippen LogP contribution < -0.4 is 5.32 Å². The molecule has 0 radical (unpaired) electrons. The largest absolute Gasteiger partial charge is 0.505 e. The van der Waals surface area contributed by atoms with E-state index in [-0.39, 0.29) is 17.1 Å². The van der Waals surface area contributed by atoms with Gasteiger partial charge in [-0.1, -0.05) is 18.2 Å². The molecular formula is C13H9IN2O4. The van der Waals surface area contributed by atoms with Crippen LogP contribution in [0.15, 0.2) is 42.5 Å². The Labute approximate surface area is 127 Å². The fraction of sp³-hybridized carbons (Fsp3) is 0. The van der Waals surface area contributed by atoms with Crippen LogP contribution in [-0.4, -0.2) is 15.9 Å². The smallest absolute Gasteiger partial charge is 0.296 e. The summed E-state index contributed by atoms with van der Waals surface area (Å²) in [6.07, 6.45) is 0. The average molecular weight is 384 g/mol. The first-order valence-electron chi connectivity index (χ1n) is 5.53. The molecule has 0 aliphatic heterocycles. The maximum absolute atomic E-state index is 12.1. The van der Waals surface area contributed by atoms with Gasteiger partial charge in [-0.3, -0.25) is 14.9 Å². The molecule has 0 saturated carbocycles. The van der Waals surface area contributed by atoms with E-state index in [9.17, 15) is 20.0 Å². The lowest BCUT2D eigenvalue weighted by atomic mass is 10.2. The van der Waals surface area contributed by atoms with Gasteiger partial charge in [-0.2, -0.15) is 0 Å². The molecule has 0 atom stereocenters. The van der Waals surface area contributed by atoms with Crippen molar-refractivity contribution < 1.29 is 14.8 Å². The molecule has 2 N–H and O–H groups in total. The number of amides is 1. The Kier molecular flexibility index (Phi) is 4.18. The topological polar surface area (TPSA) is 92.5 Å². The molecule has 0 aliphatic carbocycles. The van der Waals surface area contributed by atoms with Gasteiger partial charge in [-0.15, -0.1) is 0 Å². The van der Waals surface area contributed by atoms with Crippen LogP contribution in [0.5, 0.6) is 5.75 Å². The minimum atomic E-state index is -0.661. The summed E-state index contributed by atoms with van der Waals surface area (Å²) >= 11 is 1.99. The summed E-state index contributed by atoms with van der Waals surface area (Å²) in [5, 5.41) is 23.0. The molecule has 2 aromatic rings. The normalized spacial score (nSPS) is 10.1. The zero-order chi connectivity index (χ0) is 14.7. The van der Waals surface area contributed by atoms with Crippen molar-refractivity contribution in [1.82, 2.24) is 0 Å². The number of aromatic hydroxyl groups is 1. The van der Waals surface area contributed by atoms with E-state index < -0.39 is 10.8 Å². The number of phenols is 1. The van der Waals surface area contributed by atoms with Gasteiger partial charge in [0.1, 0.15) is 5.75 Å². The van der Waals surface area contributed by atoms with Crippen molar-refractivity contribution in [2.45, 2.75) is 0 Å². The van der Waals surface area contributed by atoms with Crippen molar-refractivity contribution in [2.24, 2.45) is 0 Å². The number of nitro benzene ring substituents is 1. The van der Waals surface area contributed by atoms with Gasteiger partial charge >= 0.3 is 0 Å². The molecule has 0 bridgehead atoms. The number of anilines is 1. The predicted molar refractivity (Wildman–Crippen MR) is 81.9 cm³/mol. The van der Waals surface area contributed by atoms with E-state index in [0.717, 1.165) is 0 Å². The third-order valence-electron chi connectivity index (χ3n) is 2.57. The number of carbonyl (C=O) groups excluding carboxylic acids is 1. The molecule has 7 heteroatoms. The van der Waals surface area contributed by atoms with Crippen LogP contribution in [-0.2, 0) is 0 Å². The number of carbonyl (C=O) groups is 1. The number of phenolic OH excluding ortho intramolecular Hbond substituents is 1. The Balaban J connectivity index is 2.38. The van der Waals surface area contributed by atoms with Crippen LogP contribution in [0.4, 0.5) is 11.4 Å². The molecule has 2 rings (SSSR count). The van der Waals surface area contributed by atoms with Crippen molar-refractivity contribution in [3.05, 3.63) is 61.7 Å². The van der Waals surface area contributed by atoms with Crippen molar-refractivity contribution in [1.29, 1.82) is 0 Å². The number of halogens is 1. The van der Waals surface area contributed by atoms with Crippen molar-refractivity contribution >= 4 is 39.9 Å². The molecule has 0 aromatic heterocycles. The fourth-order valence-corrected chi connectivity index (χ4v) is 2.27. The van der Waals surface area contributed by atoms with E-state index in [4.69, 9.17) is 0 Å². The predicted octanol–water partition coefficient (Wildman–Crippen LogP) is 3.16. The number of rotatable bonds is 3. The van der Waals surface area contributed by atoms with E-state index in [1.807, 2.05) is 22.6 Å². The fourth-order valence-electron chi connectivity index (χ4n) is 1.63. The van der Waals surface area contributed by atoms with Gasteiger partial charge in [0.15, 0.2) is 5.69 Å². The molecule has 2 aromatic carbocycles. The van der Waals surface area contributed by atoms with Crippen molar-refractivity contribution in [2.75, 3.05) is 5.32 Å². The molecule has 0 spiro atoms. The molecule has 0 fully saturated rings. The van der Waals surface area contributed by atoms with Crippen LogP contribution in [0.25, 0.3) is 0 Å². The van der Waals surface area contributed by atoms with Crippen LogP contribution in [0.2, 0.25) is 0 Å². The summed E-state index contributed by atoms with van der Waals surface area (Å²) in [4.78, 5) is 22.4. The lowest BCUT2D eigenvalue weighted by molar-refractivity contribution is -0.384. The SMILES string of the molecule is O=C(Nc1c(O)cccc1[N+](=O)[O-])c1ccccc1I. The number of para-hydroxylation sites is 1. The Bertz CT molecular complexity index is 688. The van der Waals surface area contributed by atoms with Crippen LogP contribution in [0.1, 0.15) is 10.4 Å². The Morgan fingerprint density at radius 2 is 1.90 bits per heavy atom. The second-order valence-electron chi connectivity index (χ2n) is 3.86. The van der Waals surface area contributed by atoms with Crippen LogP contribution >= 0.6 is 22.6 Å². The lowest BCUT2D eigenvalue weighted by Gasteiger charge is -2.08. The molecule has 0 saturated heterocycles. The summed E-state index contributed by atoms with van der Waals surface area (Å²) in [7, 11) is 0. The number of nitro groups is 1. The highest BCUT2D eigenvalue weighted by molar-refractivity contribution is 14.1. The lowest BCUT2D eigenvalue weighted by Crippen LogP contribution is -2.14. The number of hydrogen-bond acceptors (Lipinski definition) is 4. The minimum Gasteiger partial charge on any atom is -0.505 e. The Morgan fingerprint density at radius 1 is 1.20 bits per heavy atom. The van der Waals surface area contributed by atoms with Gasteiger partial charge < -0.3 is 10.4 Å². The van der Waals surface area contributed by atoms with Gasteiger partial charge in [-0.05, 0) is 40.8 Å². The maximum Gasteiger partial charge on any atom is 0.296 e. The zero-order valence-electron chi connectivity index (χ0n) is 10.0. The standard InChI is InChI=1S/C13H9IN2O4/c14-9-5-2-1-4-8(9)13(18)15-12-10(16(19)20)6-3-7-11(12)17/h1-7,17H,(H,15,18). The maximum atomic E-state index is 12.1. The first-order chi connectivity index (χ1) is 9.50.